The van der Waals surface area contributed by atoms with Crippen molar-refractivity contribution in [2.24, 2.45) is 0 Å². The monoisotopic (exact) mass is 202 g/mol. The van der Waals surface area contributed by atoms with Gasteiger partial charge >= 0.3 is 0 Å². The Labute approximate surface area is 86.2 Å². The molecule has 1 saturated heterocycles. The summed E-state index contributed by atoms with van der Waals surface area (Å²) in [6, 6.07) is 0. The van der Waals surface area contributed by atoms with Gasteiger partial charge in [-0.3, -0.25) is 0 Å². The molecule has 84 valence electrons. The van der Waals surface area contributed by atoms with E-state index in [1.165, 1.54) is 6.42 Å². The van der Waals surface area contributed by atoms with E-state index >= 15 is 0 Å². The standard InChI is InChI=1S/C10H22N2O2/c1-12(2)8-9(13)6-11-7-10-4-3-5-14-10/h9-11,13H,3-8H2,1-2H3. The van der Waals surface area contributed by atoms with Crippen molar-refractivity contribution < 1.29 is 9.84 Å². The van der Waals surface area contributed by atoms with Gasteiger partial charge in [-0.1, -0.05) is 0 Å². The van der Waals surface area contributed by atoms with E-state index in [0.29, 0.717) is 19.2 Å². The van der Waals surface area contributed by atoms with Crippen molar-refractivity contribution in [3.63, 3.8) is 0 Å². The predicted octanol–water partition coefficient (Wildman–Crippen LogP) is -0.322. The number of nitrogens with zero attached hydrogens (tertiary/aromatic N) is 1. The molecule has 0 spiro atoms. The van der Waals surface area contributed by atoms with E-state index in [2.05, 4.69) is 5.32 Å². The van der Waals surface area contributed by atoms with Gasteiger partial charge in [0.2, 0.25) is 0 Å². The van der Waals surface area contributed by atoms with Crippen molar-refractivity contribution in [3.05, 3.63) is 0 Å². The van der Waals surface area contributed by atoms with E-state index < -0.39 is 0 Å². The van der Waals surface area contributed by atoms with Gasteiger partial charge in [0.05, 0.1) is 12.2 Å². The third-order valence-corrected chi connectivity index (χ3v) is 2.35. The lowest BCUT2D eigenvalue weighted by molar-refractivity contribution is 0.0982. The van der Waals surface area contributed by atoms with Crippen LogP contribution < -0.4 is 5.32 Å². The summed E-state index contributed by atoms with van der Waals surface area (Å²) in [4.78, 5) is 1.98. The summed E-state index contributed by atoms with van der Waals surface area (Å²) in [5.41, 5.74) is 0. The van der Waals surface area contributed by atoms with Gasteiger partial charge in [0.25, 0.3) is 0 Å². The number of hydrogen-bond donors (Lipinski definition) is 2. The number of rotatable bonds is 6. The van der Waals surface area contributed by atoms with E-state index in [0.717, 1.165) is 19.6 Å². The second-order valence-corrected chi connectivity index (χ2v) is 4.21. The SMILES string of the molecule is CN(C)CC(O)CNCC1CCCO1. The highest BCUT2D eigenvalue weighted by molar-refractivity contribution is 4.69. The van der Waals surface area contributed by atoms with Crippen LogP contribution in [0.4, 0.5) is 0 Å². The van der Waals surface area contributed by atoms with E-state index in [-0.39, 0.29) is 6.10 Å². The third kappa shape index (κ3) is 4.91. The molecule has 0 saturated carbocycles. The Bertz CT molecular complexity index is 147. The molecule has 1 rings (SSSR count). The number of aliphatic hydroxyl groups is 1. The van der Waals surface area contributed by atoms with Gasteiger partial charge in [-0.25, -0.2) is 0 Å². The normalized spacial score (nSPS) is 24.4. The Balaban J connectivity index is 1.96. The molecule has 0 aromatic carbocycles. The lowest BCUT2D eigenvalue weighted by atomic mass is 10.2. The maximum atomic E-state index is 9.55. The molecular formula is C10H22N2O2. The zero-order valence-corrected chi connectivity index (χ0v) is 9.20. The van der Waals surface area contributed by atoms with Crippen LogP contribution in [0.3, 0.4) is 0 Å². The Morgan fingerprint density at radius 1 is 1.57 bits per heavy atom. The fraction of sp³-hybridized carbons (Fsp3) is 1.00. The van der Waals surface area contributed by atoms with E-state index in [1.807, 2.05) is 19.0 Å². The number of aliphatic hydroxyl groups excluding tert-OH is 1. The summed E-state index contributed by atoms with van der Waals surface area (Å²) >= 11 is 0. The van der Waals surface area contributed by atoms with Crippen molar-refractivity contribution >= 4 is 0 Å². The molecule has 0 aromatic rings. The van der Waals surface area contributed by atoms with Crippen LogP contribution in [0.25, 0.3) is 0 Å². The van der Waals surface area contributed by atoms with Crippen molar-refractivity contribution in [1.29, 1.82) is 0 Å². The van der Waals surface area contributed by atoms with Gasteiger partial charge in [-0.15, -0.1) is 0 Å². The minimum absolute atomic E-state index is 0.286. The van der Waals surface area contributed by atoms with Crippen LogP contribution in [0.1, 0.15) is 12.8 Å². The summed E-state index contributed by atoms with van der Waals surface area (Å²) < 4.78 is 5.46. The van der Waals surface area contributed by atoms with Crippen molar-refractivity contribution in [2.45, 2.75) is 25.0 Å². The summed E-state index contributed by atoms with van der Waals surface area (Å²) in [5.74, 6) is 0. The second-order valence-electron chi connectivity index (χ2n) is 4.21. The molecule has 4 heteroatoms. The number of hydrogen-bond acceptors (Lipinski definition) is 4. The zero-order chi connectivity index (χ0) is 10.4. The van der Waals surface area contributed by atoms with Gasteiger partial charge in [0.1, 0.15) is 0 Å². The minimum atomic E-state index is -0.286. The molecule has 0 radical (unpaired) electrons. The van der Waals surface area contributed by atoms with Gasteiger partial charge in [-0.2, -0.15) is 0 Å². The van der Waals surface area contributed by atoms with Crippen LogP contribution in [0, 0.1) is 0 Å². The van der Waals surface area contributed by atoms with Gasteiger partial charge < -0.3 is 20.1 Å². The van der Waals surface area contributed by atoms with Crippen LogP contribution in [-0.2, 0) is 4.74 Å². The molecule has 1 heterocycles. The minimum Gasteiger partial charge on any atom is -0.390 e. The average Bonchev–Trinajstić information content (AvgIpc) is 2.55. The molecular weight excluding hydrogens is 180 g/mol. The summed E-state index contributed by atoms with van der Waals surface area (Å²) in [7, 11) is 3.92. The van der Waals surface area contributed by atoms with E-state index in [9.17, 15) is 5.11 Å². The summed E-state index contributed by atoms with van der Waals surface area (Å²) in [6.07, 6.45) is 2.40. The zero-order valence-electron chi connectivity index (χ0n) is 9.20. The smallest absolute Gasteiger partial charge is 0.0791 e. The van der Waals surface area contributed by atoms with Crippen LogP contribution in [0.2, 0.25) is 0 Å². The van der Waals surface area contributed by atoms with Gasteiger partial charge in [0.15, 0.2) is 0 Å². The quantitative estimate of drug-likeness (QED) is 0.619. The fourth-order valence-corrected chi connectivity index (χ4v) is 1.70. The molecule has 1 fully saturated rings. The van der Waals surface area contributed by atoms with Gasteiger partial charge in [-0.05, 0) is 26.9 Å². The Morgan fingerprint density at radius 3 is 2.93 bits per heavy atom. The largest absolute Gasteiger partial charge is 0.390 e. The molecule has 0 bridgehead atoms. The van der Waals surface area contributed by atoms with E-state index in [1.54, 1.807) is 0 Å². The first kappa shape index (κ1) is 11.9. The Kier molecular flexibility index (Phi) is 5.40. The maximum Gasteiger partial charge on any atom is 0.0791 e. The lowest BCUT2D eigenvalue weighted by Crippen LogP contribution is -2.37. The first-order chi connectivity index (χ1) is 6.68. The second kappa shape index (κ2) is 6.35. The molecule has 0 aliphatic carbocycles. The molecule has 4 nitrogen and oxygen atoms in total. The van der Waals surface area contributed by atoms with Crippen LogP contribution in [-0.4, -0.2) is 62.6 Å². The van der Waals surface area contributed by atoms with Crippen molar-refractivity contribution in [2.75, 3.05) is 40.3 Å². The first-order valence-corrected chi connectivity index (χ1v) is 5.33. The fourth-order valence-electron chi connectivity index (χ4n) is 1.70. The van der Waals surface area contributed by atoms with Crippen molar-refractivity contribution in [1.82, 2.24) is 10.2 Å². The highest BCUT2D eigenvalue weighted by Crippen LogP contribution is 2.10. The highest BCUT2D eigenvalue weighted by Gasteiger charge is 2.15. The number of nitrogens with one attached hydrogen (secondary N) is 1. The van der Waals surface area contributed by atoms with Crippen LogP contribution in [0.15, 0.2) is 0 Å². The van der Waals surface area contributed by atoms with Crippen LogP contribution in [0.5, 0.6) is 0 Å². The maximum absolute atomic E-state index is 9.55. The molecule has 1 aliphatic rings. The molecule has 2 unspecified atom stereocenters. The summed E-state index contributed by atoms with van der Waals surface area (Å²) in [5, 5.41) is 12.8. The summed E-state index contributed by atoms with van der Waals surface area (Å²) in [6.45, 7) is 3.12. The molecule has 2 atom stereocenters. The molecule has 0 amide bonds. The Hall–Kier alpha value is -0.160. The molecule has 2 N–H and O–H groups in total. The molecule has 1 aliphatic heterocycles. The molecule has 14 heavy (non-hydrogen) atoms. The molecule has 0 aromatic heterocycles. The number of ether oxygens (including phenoxy) is 1. The Morgan fingerprint density at radius 2 is 2.36 bits per heavy atom. The lowest BCUT2D eigenvalue weighted by Gasteiger charge is -2.17. The van der Waals surface area contributed by atoms with Gasteiger partial charge in [0, 0.05) is 26.2 Å². The van der Waals surface area contributed by atoms with E-state index in [4.69, 9.17) is 4.74 Å². The highest BCUT2D eigenvalue weighted by atomic mass is 16.5. The predicted molar refractivity (Wildman–Crippen MR) is 56.4 cm³/mol. The third-order valence-electron chi connectivity index (χ3n) is 2.35. The van der Waals surface area contributed by atoms with Crippen molar-refractivity contribution in [3.8, 4) is 0 Å². The average molecular weight is 202 g/mol. The first-order valence-electron chi connectivity index (χ1n) is 5.33. The topological polar surface area (TPSA) is 44.7 Å². The van der Waals surface area contributed by atoms with Crippen LogP contribution >= 0.6 is 0 Å². The number of likely N-dealkylation sites (N-methyl/N-ethyl adjacent to an activating group) is 1.